The third-order valence-corrected chi connectivity index (χ3v) is 5.02. The number of ketones is 1. The standard InChI is InChI=1S/C22H26N2O2/c1-15-9-8-14-20(23-17-10-4-3-5-11-17)21(15)22(26)24-19-13-7-6-12-18(19)16(2)25/h6-9,12-14,17,23H,3-5,10-11H2,1-2H3,(H,24,26). The van der Waals surface area contributed by atoms with Crippen LogP contribution in [-0.2, 0) is 0 Å². The Kier molecular flexibility index (Phi) is 5.71. The lowest BCUT2D eigenvalue weighted by Gasteiger charge is -2.25. The van der Waals surface area contributed by atoms with Crippen LogP contribution in [0.2, 0.25) is 0 Å². The molecule has 0 radical (unpaired) electrons. The van der Waals surface area contributed by atoms with Gasteiger partial charge < -0.3 is 10.6 Å². The molecule has 2 aromatic carbocycles. The van der Waals surface area contributed by atoms with E-state index >= 15 is 0 Å². The number of carbonyl (C=O) groups excluding carboxylic acids is 2. The maximum atomic E-state index is 13.0. The van der Waals surface area contributed by atoms with Crippen molar-refractivity contribution >= 4 is 23.1 Å². The fourth-order valence-corrected chi connectivity index (χ4v) is 3.64. The first kappa shape index (κ1) is 18.2. The molecule has 1 fully saturated rings. The number of hydrogen-bond acceptors (Lipinski definition) is 3. The molecule has 2 aromatic rings. The average Bonchev–Trinajstić information content (AvgIpc) is 2.63. The Morgan fingerprint density at radius 2 is 1.62 bits per heavy atom. The first-order valence-corrected chi connectivity index (χ1v) is 9.33. The molecule has 136 valence electrons. The van der Waals surface area contributed by atoms with Crippen molar-refractivity contribution in [1.82, 2.24) is 0 Å². The summed E-state index contributed by atoms with van der Waals surface area (Å²) in [7, 11) is 0. The summed E-state index contributed by atoms with van der Waals surface area (Å²) < 4.78 is 0. The van der Waals surface area contributed by atoms with E-state index in [1.54, 1.807) is 18.2 Å². The van der Waals surface area contributed by atoms with Crippen molar-refractivity contribution in [2.45, 2.75) is 52.0 Å². The third-order valence-electron chi connectivity index (χ3n) is 5.02. The minimum absolute atomic E-state index is 0.0637. The van der Waals surface area contributed by atoms with Crippen LogP contribution in [0.25, 0.3) is 0 Å². The fraction of sp³-hybridized carbons (Fsp3) is 0.364. The fourth-order valence-electron chi connectivity index (χ4n) is 3.64. The smallest absolute Gasteiger partial charge is 0.258 e. The van der Waals surface area contributed by atoms with Gasteiger partial charge in [-0.2, -0.15) is 0 Å². The molecule has 2 N–H and O–H groups in total. The molecule has 1 amide bonds. The van der Waals surface area contributed by atoms with Crippen LogP contribution in [0.5, 0.6) is 0 Å². The topological polar surface area (TPSA) is 58.2 Å². The molecular formula is C22H26N2O2. The summed E-state index contributed by atoms with van der Waals surface area (Å²) >= 11 is 0. The Morgan fingerprint density at radius 3 is 2.35 bits per heavy atom. The lowest BCUT2D eigenvalue weighted by Crippen LogP contribution is -2.25. The molecule has 26 heavy (non-hydrogen) atoms. The van der Waals surface area contributed by atoms with E-state index < -0.39 is 0 Å². The Balaban J connectivity index is 1.86. The number of amides is 1. The summed E-state index contributed by atoms with van der Waals surface area (Å²) in [5.41, 5.74) is 3.52. The molecule has 0 heterocycles. The molecular weight excluding hydrogens is 324 g/mol. The molecule has 0 unspecified atom stereocenters. The molecule has 1 saturated carbocycles. The van der Waals surface area contributed by atoms with Gasteiger partial charge in [0.1, 0.15) is 0 Å². The number of anilines is 2. The summed E-state index contributed by atoms with van der Waals surface area (Å²) in [5, 5.41) is 6.49. The first-order chi connectivity index (χ1) is 12.6. The second kappa shape index (κ2) is 8.17. The van der Waals surface area contributed by atoms with E-state index in [1.165, 1.54) is 26.2 Å². The second-order valence-corrected chi connectivity index (χ2v) is 7.03. The molecule has 0 spiro atoms. The third kappa shape index (κ3) is 4.13. The molecule has 1 aliphatic carbocycles. The largest absolute Gasteiger partial charge is 0.382 e. The van der Waals surface area contributed by atoms with E-state index in [1.807, 2.05) is 31.2 Å². The van der Waals surface area contributed by atoms with Crippen molar-refractivity contribution in [1.29, 1.82) is 0 Å². The van der Waals surface area contributed by atoms with Gasteiger partial charge in [-0.25, -0.2) is 0 Å². The maximum absolute atomic E-state index is 13.0. The number of carbonyl (C=O) groups is 2. The van der Waals surface area contributed by atoms with Crippen molar-refractivity contribution in [3.8, 4) is 0 Å². The highest BCUT2D eigenvalue weighted by Crippen LogP contribution is 2.27. The van der Waals surface area contributed by atoms with Gasteiger partial charge in [-0.05, 0) is 50.5 Å². The van der Waals surface area contributed by atoms with Gasteiger partial charge in [-0.3, -0.25) is 9.59 Å². The first-order valence-electron chi connectivity index (χ1n) is 9.33. The van der Waals surface area contributed by atoms with Crippen LogP contribution in [0.4, 0.5) is 11.4 Å². The molecule has 0 aliphatic heterocycles. The highest BCUT2D eigenvalue weighted by atomic mass is 16.2. The van der Waals surface area contributed by atoms with Crippen molar-refractivity contribution in [2.24, 2.45) is 0 Å². The van der Waals surface area contributed by atoms with Crippen molar-refractivity contribution in [3.05, 3.63) is 59.2 Å². The molecule has 0 aromatic heterocycles. The number of nitrogens with one attached hydrogen (secondary N) is 2. The molecule has 1 aliphatic rings. The van der Waals surface area contributed by atoms with Crippen molar-refractivity contribution in [3.63, 3.8) is 0 Å². The summed E-state index contributed by atoms with van der Waals surface area (Å²) in [4.78, 5) is 24.8. The number of hydrogen-bond donors (Lipinski definition) is 2. The Hall–Kier alpha value is -2.62. The maximum Gasteiger partial charge on any atom is 0.258 e. The van der Waals surface area contributed by atoms with Gasteiger partial charge in [0.25, 0.3) is 5.91 Å². The van der Waals surface area contributed by atoms with Gasteiger partial charge in [-0.1, -0.05) is 43.5 Å². The Labute approximate surface area is 155 Å². The van der Waals surface area contributed by atoms with E-state index in [2.05, 4.69) is 10.6 Å². The quantitative estimate of drug-likeness (QED) is 0.729. The molecule has 4 nitrogen and oxygen atoms in total. The zero-order valence-electron chi connectivity index (χ0n) is 15.5. The van der Waals surface area contributed by atoms with Crippen LogP contribution >= 0.6 is 0 Å². The van der Waals surface area contributed by atoms with Crippen molar-refractivity contribution in [2.75, 3.05) is 10.6 Å². The predicted octanol–water partition coefficient (Wildman–Crippen LogP) is 5.19. The number of rotatable bonds is 5. The van der Waals surface area contributed by atoms with E-state index in [0.717, 1.165) is 24.1 Å². The zero-order valence-corrected chi connectivity index (χ0v) is 15.5. The van der Waals surface area contributed by atoms with Gasteiger partial charge in [0.15, 0.2) is 5.78 Å². The van der Waals surface area contributed by atoms with E-state index in [4.69, 9.17) is 0 Å². The van der Waals surface area contributed by atoms with Crippen LogP contribution in [0.1, 0.15) is 65.3 Å². The van der Waals surface area contributed by atoms with Crippen LogP contribution in [0, 0.1) is 6.92 Å². The summed E-state index contributed by atoms with van der Waals surface area (Å²) in [6, 6.07) is 13.4. The Morgan fingerprint density at radius 1 is 0.923 bits per heavy atom. The average molecular weight is 350 g/mol. The van der Waals surface area contributed by atoms with Gasteiger partial charge in [0.05, 0.1) is 11.3 Å². The number of benzene rings is 2. The number of Topliss-reactive ketones (excluding diaryl/α,β-unsaturated/α-hetero) is 1. The minimum atomic E-state index is -0.185. The SMILES string of the molecule is CC(=O)c1ccccc1NC(=O)c1c(C)cccc1NC1CCCCC1. The monoisotopic (exact) mass is 350 g/mol. The summed E-state index contributed by atoms with van der Waals surface area (Å²) in [5.74, 6) is -0.249. The highest BCUT2D eigenvalue weighted by Gasteiger charge is 2.20. The number of aryl methyl sites for hydroxylation is 1. The molecule has 4 heteroatoms. The van der Waals surface area contributed by atoms with Crippen LogP contribution in [0.3, 0.4) is 0 Å². The van der Waals surface area contributed by atoms with E-state index in [0.29, 0.717) is 22.9 Å². The molecule has 0 atom stereocenters. The highest BCUT2D eigenvalue weighted by molar-refractivity contribution is 6.12. The minimum Gasteiger partial charge on any atom is -0.382 e. The van der Waals surface area contributed by atoms with E-state index in [-0.39, 0.29) is 11.7 Å². The van der Waals surface area contributed by atoms with E-state index in [9.17, 15) is 9.59 Å². The van der Waals surface area contributed by atoms with Gasteiger partial charge >= 0.3 is 0 Å². The molecule has 0 saturated heterocycles. The normalized spacial score (nSPS) is 14.7. The summed E-state index contributed by atoms with van der Waals surface area (Å²) in [6.45, 7) is 3.45. The Bertz CT molecular complexity index is 808. The lowest BCUT2D eigenvalue weighted by molar-refractivity contribution is 0.101. The number of para-hydroxylation sites is 1. The van der Waals surface area contributed by atoms with Gasteiger partial charge in [0, 0.05) is 17.3 Å². The van der Waals surface area contributed by atoms with Gasteiger partial charge in [-0.15, -0.1) is 0 Å². The molecule has 3 rings (SSSR count). The summed E-state index contributed by atoms with van der Waals surface area (Å²) in [6.07, 6.45) is 6.04. The second-order valence-electron chi connectivity index (χ2n) is 7.03. The predicted molar refractivity (Wildman–Crippen MR) is 106 cm³/mol. The van der Waals surface area contributed by atoms with Crippen molar-refractivity contribution < 1.29 is 9.59 Å². The van der Waals surface area contributed by atoms with Crippen LogP contribution in [-0.4, -0.2) is 17.7 Å². The lowest BCUT2D eigenvalue weighted by atomic mass is 9.94. The van der Waals surface area contributed by atoms with Crippen LogP contribution < -0.4 is 10.6 Å². The van der Waals surface area contributed by atoms with Gasteiger partial charge in [0.2, 0.25) is 0 Å². The molecule has 0 bridgehead atoms. The zero-order chi connectivity index (χ0) is 18.5. The van der Waals surface area contributed by atoms with Crippen LogP contribution in [0.15, 0.2) is 42.5 Å².